The summed E-state index contributed by atoms with van der Waals surface area (Å²) in [5, 5.41) is 0. The molecule has 2 heteroatoms. The first-order chi connectivity index (χ1) is 5.88. The van der Waals surface area contributed by atoms with Gasteiger partial charge in [-0.25, -0.2) is 0 Å². The van der Waals surface area contributed by atoms with Crippen LogP contribution in [0.15, 0.2) is 22.7 Å². The van der Waals surface area contributed by atoms with Crippen LogP contribution in [0.1, 0.15) is 26.3 Å². The number of hydrogen-bond donors (Lipinski definition) is 1. The maximum Gasteiger partial charge on any atom is 0.0358 e. The van der Waals surface area contributed by atoms with Gasteiger partial charge in [0, 0.05) is 10.2 Å². The minimum atomic E-state index is 0.294. The lowest BCUT2D eigenvalue weighted by molar-refractivity contribution is 0.412. The first-order valence-corrected chi connectivity index (χ1v) is 5.22. The maximum atomic E-state index is 5.90. The van der Waals surface area contributed by atoms with E-state index in [4.69, 9.17) is 5.73 Å². The van der Waals surface area contributed by atoms with Gasteiger partial charge in [-0.2, -0.15) is 0 Å². The van der Waals surface area contributed by atoms with Gasteiger partial charge in [-0.15, -0.1) is 0 Å². The number of hydrogen-bond acceptors (Lipinski definition) is 1. The van der Waals surface area contributed by atoms with Gasteiger partial charge in [-0.1, -0.05) is 42.8 Å². The van der Waals surface area contributed by atoms with E-state index in [1.54, 1.807) is 0 Å². The molecule has 0 aromatic heterocycles. The zero-order valence-corrected chi connectivity index (χ0v) is 9.98. The zero-order valence-electron chi connectivity index (χ0n) is 8.39. The van der Waals surface area contributed by atoms with Gasteiger partial charge in [0.25, 0.3) is 0 Å². The molecule has 1 aromatic carbocycles. The molecule has 2 N–H and O–H groups in total. The Morgan fingerprint density at radius 3 is 2.38 bits per heavy atom. The van der Waals surface area contributed by atoms with Crippen molar-refractivity contribution in [3.63, 3.8) is 0 Å². The van der Waals surface area contributed by atoms with E-state index >= 15 is 0 Å². The molecule has 1 rings (SSSR count). The normalized spacial score (nSPS) is 11.7. The van der Waals surface area contributed by atoms with Gasteiger partial charge in [0.2, 0.25) is 0 Å². The van der Waals surface area contributed by atoms with Crippen LogP contribution in [-0.2, 0) is 6.42 Å². The van der Waals surface area contributed by atoms with Crippen molar-refractivity contribution >= 4 is 21.6 Å². The summed E-state index contributed by atoms with van der Waals surface area (Å²) in [5.74, 6) is 0. The largest absolute Gasteiger partial charge is 0.398 e. The van der Waals surface area contributed by atoms with Gasteiger partial charge < -0.3 is 5.73 Å². The van der Waals surface area contributed by atoms with Crippen LogP contribution in [0.2, 0.25) is 0 Å². The molecule has 0 heterocycles. The lowest BCUT2D eigenvalue weighted by Crippen LogP contribution is -2.10. The Hall–Kier alpha value is -0.500. The molecular weight excluding hydrogens is 226 g/mol. The Morgan fingerprint density at radius 1 is 1.31 bits per heavy atom. The molecule has 0 bridgehead atoms. The van der Waals surface area contributed by atoms with Crippen molar-refractivity contribution in [1.82, 2.24) is 0 Å². The predicted octanol–water partition coefficient (Wildman–Crippen LogP) is 3.62. The van der Waals surface area contributed by atoms with Gasteiger partial charge in [0.05, 0.1) is 0 Å². The molecule has 0 radical (unpaired) electrons. The summed E-state index contributed by atoms with van der Waals surface area (Å²) in [7, 11) is 0. The molecule has 72 valence electrons. The number of benzene rings is 1. The molecule has 1 aromatic rings. The lowest BCUT2D eigenvalue weighted by atomic mass is 9.87. The maximum absolute atomic E-state index is 5.90. The minimum Gasteiger partial charge on any atom is -0.398 e. The van der Waals surface area contributed by atoms with Gasteiger partial charge in [-0.05, 0) is 29.5 Å². The number of rotatable bonds is 1. The Bertz CT molecular complexity index is 299. The summed E-state index contributed by atoms with van der Waals surface area (Å²) >= 11 is 3.40. The molecule has 0 saturated carbocycles. The van der Waals surface area contributed by atoms with E-state index in [-0.39, 0.29) is 0 Å². The van der Waals surface area contributed by atoms with Crippen LogP contribution in [0.4, 0.5) is 5.69 Å². The van der Waals surface area contributed by atoms with E-state index in [1.807, 2.05) is 12.1 Å². The van der Waals surface area contributed by atoms with Crippen LogP contribution < -0.4 is 5.73 Å². The summed E-state index contributed by atoms with van der Waals surface area (Å²) in [6.45, 7) is 6.65. The monoisotopic (exact) mass is 241 g/mol. The second-order valence-corrected chi connectivity index (χ2v) is 5.50. The third-order valence-electron chi connectivity index (χ3n) is 1.83. The van der Waals surface area contributed by atoms with Crippen LogP contribution in [0.25, 0.3) is 0 Å². The van der Waals surface area contributed by atoms with Gasteiger partial charge >= 0.3 is 0 Å². The van der Waals surface area contributed by atoms with E-state index < -0.39 is 0 Å². The van der Waals surface area contributed by atoms with Gasteiger partial charge in [0.1, 0.15) is 0 Å². The van der Waals surface area contributed by atoms with Crippen molar-refractivity contribution in [2.75, 3.05) is 5.73 Å². The quantitative estimate of drug-likeness (QED) is 0.748. The standard InChI is InChI=1S/C11H16BrN/c1-11(2,3)7-8-4-5-9(12)6-10(8)13/h4-6H,7,13H2,1-3H3. The SMILES string of the molecule is CC(C)(C)Cc1ccc(Br)cc1N. The first kappa shape index (κ1) is 10.6. The molecule has 0 aliphatic carbocycles. The highest BCUT2D eigenvalue weighted by atomic mass is 79.9. The molecule has 0 amide bonds. The van der Waals surface area contributed by atoms with Gasteiger partial charge in [-0.3, -0.25) is 0 Å². The van der Waals surface area contributed by atoms with Crippen LogP contribution in [-0.4, -0.2) is 0 Å². The summed E-state index contributed by atoms with van der Waals surface area (Å²) in [6.07, 6.45) is 1.02. The van der Waals surface area contributed by atoms with E-state index in [0.717, 1.165) is 16.6 Å². The van der Waals surface area contributed by atoms with Crippen molar-refractivity contribution in [3.05, 3.63) is 28.2 Å². The Kier molecular flexibility index (Phi) is 3.01. The number of anilines is 1. The molecule has 0 fully saturated rings. The topological polar surface area (TPSA) is 26.0 Å². The third-order valence-corrected chi connectivity index (χ3v) is 2.32. The van der Waals surface area contributed by atoms with Crippen molar-refractivity contribution in [2.24, 2.45) is 5.41 Å². The molecule has 0 spiro atoms. The van der Waals surface area contributed by atoms with Crippen LogP contribution in [0.3, 0.4) is 0 Å². The fraction of sp³-hybridized carbons (Fsp3) is 0.455. The van der Waals surface area contributed by atoms with E-state index in [1.165, 1.54) is 5.56 Å². The number of halogens is 1. The zero-order chi connectivity index (χ0) is 10.1. The van der Waals surface area contributed by atoms with Crippen molar-refractivity contribution in [3.8, 4) is 0 Å². The average Bonchev–Trinajstić information content (AvgIpc) is 1.93. The van der Waals surface area contributed by atoms with Crippen LogP contribution >= 0.6 is 15.9 Å². The molecule has 0 aliphatic rings. The number of nitrogens with two attached hydrogens (primary N) is 1. The summed E-state index contributed by atoms with van der Waals surface area (Å²) < 4.78 is 1.04. The van der Waals surface area contributed by atoms with Crippen LogP contribution in [0, 0.1) is 5.41 Å². The van der Waals surface area contributed by atoms with Crippen LogP contribution in [0.5, 0.6) is 0 Å². The van der Waals surface area contributed by atoms with E-state index in [0.29, 0.717) is 5.41 Å². The lowest BCUT2D eigenvalue weighted by Gasteiger charge is -2.19. The van der Waals surface area contributed by atoms with E-state index in [9.17, 15) is 0 Å². The molecule has 0 atom stereocenters. The second-order valence-electron chi connectivity index (χ2n) is 4.58. The predicted molar refractivity (Wildman–Crippen MR) is 61.7 cm³/mol. The highest BCUT2D eigenvalue weighted by Crippen LogP contribution is 2.26. The Morgan fingerprint density at radius 2 is 1.92 bits per heavy atom. The molecule has 0 saturated heterocycles. The van der Waals surface area contributed by atoms with Crippen molar-refractivity contribution < 1.29 is 0 Å². The summed E-state index contributed by atoms with van der Waals surface area (Å²) in [4.78, 5) is 0. The van der Waals surface area contributed by atoms with Crippen molar-refractivity contribution in [2.45, 2.75) is 27.2 Å². The molecular formula is C11H16BrN. The van der Waals surface area contributed by atoms with Crippen molar-refractivity contribution in [1.29, 1.82) is 0 Å². The summed E-state index contributed by atoms with van der Waals surface area (Å²) in [6, 6.07) is 6.09. The smallest absolute Gasteiger partial charge is 0.0358 e. The fourth-order valence-electron chi connectivity index (χ4n) is 1.30. The molecule has 0 aliphatic heterocycles. The fourth-order valence-corrected chi connectivity index (χ4v) is 1.68. The average molecular weight is 242 g/mol. The minimum absolute atomic E-state index is 0.294. The highest BCUT2D eigenvalue weighted by molar-refractivity contribution is 9.10. The number of nitrogen functional groups attached to an aromatic ring is 1. The highest BCUT2D eigenvalue weighted by Gasteiger charge is 2.12. The Labute approximate surface area is 88.5 Å². The molecule has 0 unspecified atom stereocenters. The molecule has 1 nitrogen and oxygen atoms in total. The van der Waals surface area contributed by atoms with Gasteiger partial charge in [0.15, 0.2) is 0 Å². The Balaban J connectivity index is 2.90. The third kappa shape index (κ3) is 3.39. The second kappa shape index (κ2) is 3.70. The first-order valence-electron chi connectivity index (χ1n) is 4.42. The van der Waals surface area contributed by atoms with E-state index in [2.05, 4.69) is 42.8 Å². The molecule has 13 heavy (non-hydrogen) atoms. The summed E-state index contributed by atoms with van der Waals surface area (Å²) in [5.41, 5.74) is 8.30.